The molecular formula is C18H10Br4Cl2N2O4S2. The SMILES string of the molecule is O=S(=O)(/N=C1C(Br)=C(Br)/C(=N/S(=O)(=O)c2ccc(Cl)cc2)C(Br)C\1Br)c1ccc(Cl)cc1. The number of halogens is 6. The van der Waals surface area contributed by atoms with E-state index in [1.54, 1.807) is 0 Å². The molecule has 0 amide bonds. The van der Waals surface area contributed by atoms with Crippen LogP contribution in [0.2, 0.25) is 10.0 Å². The highest BCUT2D eigenvalue weighted by Gasteiger charge is 2.38. The summed E-state index contributed by atoms with van der Waals surface area (Å²) in [6.07, 6.45) is 0. The van der Waals surface area contributed by atoms with Crippen LogP contribution in [0.15, 0.2) is 76.1 Å². The molecule has 0 saturated carbocycles. The molecule has 0 N–H and O–H groups in total. The van der Waals surface area contributed by atoms with Crippen molar-refractivity contribution in [2.45, 2.75) is 19.4 Å². The second kappa shape index (κ2) is 10.3. The van der Waals surface area contributed by atoms with Gasteiger partial charge in [0.1, 0.15) is 0 Å². The first-order valence-electron chi connectivity index (χ1n) is 8.38. The summed E-state index contributed by atoms with van der Waals surface area (Å²) in [4.78, 5) is -1.53. The molecule has 0 spiro atoms. The van der Waals surface area contributed by atoms with Gasteiger partial charge in [0.15, 0.2) is 0 Å². The van der Waals surface area contributed by atoms with Crippen LogP contribution in [0.3, 0.4) is 0 Å². The van der Waals surface area contributed by atoms with Crippen molar-refractivity contribution >= 4 is 118 Å². The Balaban J connectivity index is 2.09. The smallest absolute Gasteiger partial charge is 0.199 e. The third-order valence-electron chi connectivity index (χ3n) is 4.08. The molecule has 0 fully saturated rings. The quantitative estimate of drug-likeness (QED) is 0.332. The van der Waals surface area contributed by atoms with Crippen LogP contribution >= 0.6 is 86.9 Å². The Kier molecular flexibility index (Phi) is 8.51. The fourth-order valence-corrected chi connectivity index (χ4v) is 8.21. The van der Waals surface area contributed by atoms with Gasteiger partial charge in [-0.25, -0.2) is 0 Å². The van der Waals surface area contributed by atoms with Crippen molar-refractivity contribution in [1.29, 1.82) is 0 Å². The van der Waals surface area contributed by atoms with Crippen molar-refractivity contribution in [2.75, 3.05) is 0 Å². The molecule has 6 nitrogen and oxygen atoms in total. The first-order chi connectivity index (χ1) is 14.8. The maximum atomic E-state index is 12.8. The highest BCUT2D eigenvalue weighted by atomic mass is 79.9. The van der Waals surface area contributed by atoms with E-state index in [9.17, 15) is 16.8 Å². The lowest BCUT2D eigenvalue weighted by Gasteiger charge is -2.26. The summed E-state index contributed by atoms with van der Waals surface area (Å²) in [6.45, 7) is 0. The van der Waals surface area contributed by atoms with Crippen LogP contribution in [-0.2, 0) is 20.0 Å². The van der Waals surface area contributed by atoms with Crippen LogP contribution in [0.25, 0.3) is 0 Å². The number of hydrogen-bond donors (Lipinski definition) is 0. The number of hydrogen-bond acceptors (Lipinski definition) is 4. The Morgan fingerprint density at radius 3 is 1.19 bits per heavy atom. The molecule has 2 unspecified atom stereocenters. The largest absolute Gasteiger partial charge is 0.282 e. The second-order valence-corrected chi connectivity index (χ2v) is 13.9. The van der Waals surface area contributed by atoms with Crippen LogP contribution in [0.1, 0.15) is 0 Å². The number of nitrogens with zero attached hydrogens (tertiary/aromatic N) is 2. The molecule has 0 radical (unpaired) electrons. The van der Waals surface area contributed by atoms with Crippen LogP contribution in [0.4, 0.5) is 0 Å². The number of allylic oxidation sites excluding steroid dienone is 2. The second-order valence-electron chi connectivity index (χ2n) is 6.24. The zero-order valence-corrected chi connectivity index (χ0v) is 24.9. The molecule has 0 bridgehead atoms. The predicted octanol–water partition coefficient (Wildman–Crippen LogP) is 6.50. The van der Waals surface area contributed by atoms with Gasteiger partial charge >= 0.3 is 0 Å². The molecule has 2 aromatic rings. The van der Waals surface area contributed by atoms with Crippen molar-refractivity contribution in [3.63, 3.8) is 0 Å². The maximum Gasteiger partial charge on any atom is 0.282 e. The number of sulfonamides is 2. The van der Waals surface area contributed by atoms with Gasteiger partial charge in [0.2, 0.25) is 0 Å². The van der Waals surface area contributed by atoms with E-state index in [1.165, 1.54) is 48.5 Å². The van der Waals surface area contributed by atoms with E-state index in [0.717, 1.165) is 0 Å². The van der Waals surface area contributed by atoms with Gasteiger partial charge in [0.05, 0.1) is 39.8 Å². The van der Waals surface area contributed by atoms with E-state index in [1.807, 2.05) is 0 Å². The van der Waals surface area contributed by atoms with Crippen molar-refractivity contribution < 1.29 is 16.8 Å². The van der Waals surface area contributed by atoms with E-state index < -0.39 is 29.7 Å². The lowest BCUT2D eigenvalue weighted by molar-refractivity contribution is 0.596. The summed E-state index contributed by atoms with van der Waals surface area (Å²) < 4.78 is 59.5. The minimum Gasteiger partial charge on any atom is -0.199 e. The van der Waals surface area contributed by atoms with E-state index in [0.29, 0.717) is 10.0 Å². The molecule has 0 aromatic heterocycles. The summed E-state index contributed by atoms with van der Waals surface area (Å²) in [7, 11) is -8.13. The van der Waals surface area contributed by atoms with Crippen LogP contribution < -0.4 is 0 Å². The van der Waals surface area contributed by atoms with Gasteiger partial charge in [-0.1, -0.05) is 55.1 Å². The van der Waals surface area contributed by atoms with Crippen molar-refractivity contribution in [2.24, 2.45) is 8.80 Å². The number of rotatable bonds is 4. The minimum absolute atomic E-state index is 0.0403. The Morgan fingerprint density at radius 1 is 0.625 bits per heavy atom. The third-order valence-corrected chi connectivity index (χ3v) is 12.0. The van der Waals surface area contributed by atoms with E-state index in [-0.39, 0.29) is 30.2 Å². The van der Waals surface area contributed by atoms with Gasteiger partial charge < -0.3 is 0 Å². The van der Waals surface area contributed by atoms with E-state index in [2.05, 4.69) is 72.5 Å². The summed E-state index contributed by atoms with van der Waals surface area (Å²) in [6, 6.07) is 11.2. The van der Waals surface area contributed by atoms with Gasteiger partial charge in [0, 0.05) is 10.0 Å². The first kappa shape index (κ1) is 26.5. The van der Waals surface area contributed by atoms with Crippen molar-refractivity contribution in [3.05, 3.63) is 67.5 Å². The summed E-state index contributed by atoms with van der Waals surface area (Å²) in [5, 5.41) is 0.777. The molecule has 32 heavy (non-hydrogen) atoms. The highest BCUT2D eigenvalue weighted by molar-refractivity contribution is 9.15. The zero-order chi connectivity index (χ0) is 23.8. The van der Waals surface area contributed by atoms with Gasteiger partial charge in [-0.3, -0.25) is 0 Å². The lowest BCUT2D eigenvalue weighted by Crippen LogP contribution is -2.37. The molecule has 14 heteroatoms. The molecule has 2 atom stereocenters. The van der Waals surface area contributed by atoms with Gasteiger partial charge in [0.25, 0.3) is 20.0 Å². The number of benzene rings is 2. The molecule has 0 saturated heterocycles. The standard InChI is InChI=1S/C18H10Br4Cl2N2O4S2/c19-13-15(21)18(26-32(29,30)12-7-3-10(24)4-8-12)16(22)14(20)17(13)25-31(27,28)11-5-1-9(23)2-6-11/h1-8,13,15H/b25-17-,26-18+. The molecule has 170 valence electrons. The summed E-state index contributed by atoms with van der Waals surface area (Å²) >= 11 is 25.1. The molecule has 0 heterocycles. The molecule has 1 aliphatic carbocycles. The van der Waals surface area contributed by atoms with E-state index in [4.69, 9.17) is 23.2 Å². The average Bonchev–Trinajstić information content (AvgIpc) is 2.73. The van der Waals surface area contributed by atoms with Crippen LogP contribution in [-0.4, -0.2) is 37.9 Å². The molecule has 2 aromatic carbocycles. The molecule has 1 aliphatic rings. The average molecular weight is 773 g/mol. The maximum absolute atomic E-state index is 12.8. The van der Waals surface area contributed by atoms with Gasteiger partial charge in [-0.05, 0) is 80.4 Å². The summed E-state index contributed by atoms with van der Waals surface area (Å²) in [5.41, 5.74) is 0.244. The van der Waals surface area contributed by atoms with E-state index >= 15 is 0 Å². The Labute approximate surface area is 228 Å². The Morgan fingerprint density at radius 2 is 0.906 bits per heavy atom. The van der Waals surface area contributed by atoms with Crippen LogP contribution in [0.5, 0.6) is 0 Å². The van der Waals surface area contributed by atoms with Gasteiger partial charge in [-0.2, -0.15) is 25.6 Å². The lowest BCUT2D eigenvalue weighted by atomic mass is 10.0. The minimum atomic E-state index is -4.07. The Hall–Kier alpha value is -0.0800. The molecule has 3 rings (SSSR count). The highest BCUT2D eigenvalue weighted by Crippen LogP contribution is 2.38. The zero-order valence-electron chi connectivity index (χ0n) is 15.4. The molecule has 0 aliphatic heterocycles. The van der Waals surface area contributed by atoms with Crippen molar-refractivity contribution in [1.82, 2.24) is 0 Å². The predicted molar refractivity (Wildman–Crippen MR) is 142 cm³/mol. The normalized spacial score (nSPS) is 22.6. The third kappa shape index (κ3) is 5.76. The van der Waals surface area contributed by atoms with Crippen molar-refractivity contribution in [3.8, 4) is 0 Å². The first-order valence-corrected chi connectivity index (χ1v) is 15.4. The van der Waals surface area contributed by atoms with Gasteiger partial charge in [-0.15, -0.1) is 0 Å². The fourth-order valence-electron chi connectivity index (χ4n) is 2.50. The monoisotopic (exact) mass is 768 g/mol. The number of alkyl halides is 2. The topological polar surface area (TPSA) is 93.0 Å². The Bertz CT molecular complexity index is 1250. The van der Waals surface area contributed by atoms with Crippen LogP contribution in [0, 0.1) is 0 Å². The molecular weight excluding hydrogens is 763 g/mol. The summed E-state index contributed by atoms with van der Waals surface area (Å²) in [5.74, 6) is 0. The fraction of sp³-hybridized carbons (Fsp3) is 0.111.